The van der Waals surface area contributed by atoms with Crippen LogP contribution in [0.5, 0.6) is 0 Å². The fraction of sp³-hybridized carbons (Fsp3) is 0.304. The quantitative estimate of drug-likeness (QED) is 0.535. The molecule has 2 rings (SSSR count). The van der Waals surface area contributed by atoms with Crippen molar-refractivity contribution in [3.63, 3.8) is 0 Å². The van der Waals surface area contributed by atoms with Gasteiger partial charge in [0.1, 0.15) is 0 Å². The molecule has 8 nitrogen and oxygen atoms in total. The van der Waals surface area contributed by atoms with Gasteiger partial charge in [0.2, 0.25) is 5.91 Å². The fourth-order valence-electron chi connectivity index (χ4n) is 2.48. The molecule has 0 atom stereocenters. The predicted octanol–water partition coefficient (Wildman–Crippen LogP) is 2.83. The first kappa shape index (κ1) is 23.6. The maximum atomic E-state index is 11.9. The van der Waals surface area contributed by atoms with Crippen LogP contribution in [-0.2, 0) is 30.4 Å². The number of esters is 2. The van der Waals surface area contributed by atoms with Gasteiger partial charge < -0.3 is 20.1 Å². The van der Waals surface area contributed by atoms with Crippen LogP contribution in [0.4, 0.5) is 5.69 Å². The molecular weight excluding hydrogens is 400 g/mol. The zero-order valence-corrected chi connectivity index (χ0v) is 17.4. The first-order valence-electron chi connectivity index (χ1n) is 10.0. The SMILES string of the molecule is CCCOC(=O)c1ccc(NC(=O)COC(=O)CCC(=O)NCc2ccccc2)cc1. The van der Waals surface area contributed by atoms with Crippen molar-refractivity contribution in [3.05, 3.63) is 65.7 Å². The molecule has 0 aliphatic carbocycles. The number of hydrogen-bond acceptors (Lipinski definition) is 6. The Hall–Kier alpha value is -3.68. The summed E-state index contributed by atoms with van der Waals surface area (Å²) in [6, 6.07) is 15.6. The molecule has 2 aromatic carbocycles. The molecule has 2 aromatic rings. The summed E-state index contributed by atoms with van der Waals surface area (Å²) in [7, 11) is 0. The number of anilines is 1. The molecule has 0 unspecified atom stereocenters. The van der Waals surface area contributed by atoms with E-state index in [1.165, 1.54) is 12.1 Å². The number of rotatable bonds is 11. The van der Waals surface area contributed by atoms with E-state index in [0.29, 0.717) is 24.4 Å². The molecule has 0 fully saturated rings. The van der Waals surface area contributed by atoms with Crippen LogP contribution in [0.25, 0.3) is 0 Å². The summed E-state index contributed by atoms with van der Waals surface area (Å²) in [4.78, 5) is 47.2. The number of amides is 2. The molecule has 0 aliphatic rings. The lowest BCUT2D eigenvalue weighted by atomic mass is 10.2. The van der Waals surface area contributed by atoms with Crippen LogP contribution in [0.3, 0.4) is 0 Å². The van der Waals surface area contributed by atoms with Gasteiger partial charge in [-0.1, -0.05) is 37.3 Å². The summed E-state index contributed by atoms with van der Waals surface area (Å²) in [6.07, 6.45) is 0.586. The van der Waals surface area contributed by atoms with Crippen molar-refractivity contribution in [3.8, 4) is 0 Å². The van der Waals surface area contributed by atoms with E-state index in [4.69, 9.17) is 9.47 Å². The molecule has 0 aromatic heterocycles. The van der Waals surface area contributed by atoms with Crippen molar-refractivity contribution >= 4 is 29.4 Å². The Morgan fingerprint density at radius 2 is 1.55 bits per heavy atom. The largest absolute Gasteiger partial charge is 0.462 e. The van der Waals surface area contributed by atoms with E-state index in [-0.39, 0.29) is 18.7 Å². The van der Waals surface area contributed by atoms with E-state index in [2.05, 4.69) is 10.6 Å². The molecule has 2 N–H and O–H groups in total. The molecule has 0 saturated heterocycles. The van der Waals surface area contributed by atoms with Crippen LogP contribution in [0, 0.1) is 0 Å². The molecule has 0 aliphatic heterocycles. The van der Waals surface area contributed by atoms with E-state index in [1.54, 1.807) is 12.1 Å². The van der Waals surface area contributed by atoms with Crippen molar-refractivity contribution in [2.45, 2.75) is 32.7 Å². The molecule has 0 heterocycles. The van der Waals surface area contributed by atoms with Crippen LogP contribution in [0.15, 0.2) is 54.6 Å². The van der Waals surface area contributed by atoms with E-state index >= 15 is 0 Å². The summed E-state index contributed by atoms with van der Waals surface area (Å²) in [5.41, 5.74) is 1.79. The second-order valence-corrected chi connectivity index (χ2v) is 6.68. The molecule has 8 heteroatoms. The Kier molecular flexibility index (Phi) is 9.74. The van der Waals surface area contributed by atoms with Gasteiger partial charge in [0.25, 0.3) is 5.91 Å². The Bertz CT molecular complexity index is 881. The third-order valence-electron chi connectivity index (χ3n) is 4.09. The molecular formula is C23H26N2O6. The van der Waals surface area contributed by atoms with E-state index in [1.807, 2.05) is 37.3 Å². The number of benzene rings is 2. The van der Waals surface area contributed by atoms with Gasteiger partial charge in [-0.15, -0.1) is 0 Å². The maximum absolute atomic E-state index is 11.9. The average molecular weight is 426 g/mol. The van der Waals surface area contributed by atoms with Crippen molar-refractivity contribution in [1.82, 2.24) is 5.32 Å². The molecule has 0 saturated carbocycles. The number of carbonyl (C=O) groups excluding carboxylic acids is 4. The lowest BCUT2D eigenvalue weighted by Crippen LogP contribution is -2.25. The highest BCUT2D eigenvalue weighted by atomic mass is 16.5. The molecule has 0 bridgehead atoms. The summed E-state index contributed by atoms with van der Waals surface area (Å²) < 4.78 is 9.92. The minimum absolute atomic E-state index is 0.0249. The first-order chi connectivity index (χ1) is 15.0. The van der Waals surface area contributed by atoms with Gasteiger partial charge in [0.05, 0.1) is 18.6 Å². The number of carbonyl (C=O) groups is 4. The van der Waals surface area contributed by atoms with Crippen LogP contribution in [-0.4, -0.2) is 37.0 Å². The average Bonchev–Trinajstić information content (AvgIpc) is 2.79. The van der Waals surface area contributed by atoms with E-state index < -0.39 is 24.5 Å². The third kappa shape index (κ3) is 9.12. The fourth-order valence-corrected chi connectivity index (χ4v) is 2.48. The van der Waals surface area contributed by atoms with Crippen LogP contribution >= 0.6 is 0 Å². The van der Waals surface area contributed by atoms with Gasteiger partial charge in [-0.3, -0.25) is 14.4 Å². The summed E-state index contributed by atoms with van der Waals surface area (Å²) in [6.45, 7) is 2.16. The highest BCUT2D eigenvalue weighted by Gasteiger charge is 2.11. The van der Waals surface area contributed by atoms with E-state index in [9.17, 15) is 19.2 Å². The predicted molar refractivity (Wildman–Crippen MR) is 114 cm³/mol. The van der Waals surface area contributed by atoms with Gasteiger partial charge in [0, 0.05) is 18.7 Å². The van der Waals surface area contributed by atoms with Crippen LogP contribution < -0.4 is 10.6 Å². The smallest absolute Gasteiger partial charge is 0.338 e. The van der Waals surface area contributed by atoms with Gasteiger partial charge in [-0.25, -0.2) is 4.79 Å². The second-order valence-electron chi connectivity index (χ2n) is 6.68. The van der Waals surface area contributed by atoms with Crippen molar-refractivity contribution < 1.29 is 28.7 Å². The van der Waals surface area contributed by atoms with Gasteiger partial charge in [0.15, 0.2) is 6.61 Å². The molecule has 0 radical (unpaired) electrons. The summed E-state index contributed by atoms with van der Waals surface area (Å²) in [5.74, 6) is -1.87. The Labute approximate surface area is 180 Å². The Balaban J connectivity index is 1.64. The molecule has 164 valence electrons. The van der Waals surface area contributed by atoms with E-state index in [0.717, 1.165) is 12.0 Å². The number of nitrogens with one attached hydrogen (secondary N) is 2. The van der Waals surface area contributed by atoms with Crippen molar-refractivity contribution in [1.29, 1.82) is 0 Å². The maximum Gasteiger partial charge on any atom is 0.338 e. The highest BCUT2D eigenvalue weighted by Crippen LogP contribution is 2.11. The third-order valence-corrected chi connectivity index (χ3v) is 4.09. The van der Waals surface area contributed by atoms with Crippen molar-refractivity contribution in [2.24, 2.45) is 0 Å². The van der Waals surface area contributed by atoms with Crippen LogP contribution in [0.1, 0.15) is 42.1 Å². The lowest BCUT2D eigenvalue weighted by molar-refractivity contribution is -0.148. The monoisotopic (exact) mass is 426 g/mol. The van der Waals surface area contributed by atoms with Gasteiger partial charge in [-0.05, 0) is 36.2 Å². The second kappa shape index (κ2) is 12.8. The molecule has 0 spiro atoms. The first-order valence-corrected chi connectivity index (χ1v) is 10.0. The van der Waals surface area contributed by atoms with Gasteiger partial charge in [-0.2, -0.15) is 0 Å². The van der Waals surface area contributed by atoms with Crippen LogP contribution in [0.2, 0.25) is 0 Å². The normalized spacial score (nSPS) is 10.1. The highest BCUT2D eigenvalue weighted by molar-refractivity contribution is 5.94. The Morgan fingerprint density at radius 3 is 2.23 bits per heavy atom. The molecule has 2 amide bonds. The lowest BCUT2D eigenvalue weighted by Gasteiger charge is -2.08. The van der Waals surface area contributed by atoms with Crippen molar-refractivity contribution in [2.75, 3.05) is 18.5 Å². The zero-order valence-electron chi connectivity index (χ0n) is 17.4. The minimum atomic E-state index is -0.640. The standard InChI is InChI=1S/C23H26N2O6/c1-2-14-30-23(29)18-8-10-19(11-9-18)25-21(27)16-31-22(28)13-12-20(26)24-15-17-6-4-3-5-7-17/h3-11H,2,12-16H2,1H3,(H,24,26)(H,25,27). The number of ether oxygens (including phenoxy) is 2. The molecule has 31 heavy (non-hydrogen) atoms. The number of hydrogen-bond donors (Lipinski definition) is 2. The minimum Gasteiger partial charge on any atom is -0.462 e. The topological polar surface area (TPSA) is 111 Å². The zero-order chi connectivity index (χ0) is 22.5. The summed E-state index contributed by atoms with van der Waals surface area (Å²) in [5, 5.41) is 5.28. The van der Waals surface area contributed by atoms with Gasteiger partial charge >= 0.3 is 11.9 Å². The summed E-state index contributed by atoms with van der Waals surface area (Å²) >= 11 is 0. The Morgan fingerprint density at radius 1 is 0.839 bits per heavy atom.